The van der Waals surface area contributed by atoms with Crippen molar-refractivity contribution in [3.63, 3.8) is 0 Å². The smallest absolute Gasteiger partial charge is 0.336 e. The SMILES string of the molecule is NC1(CNS(=O)(=O)c2ccc3oc(=O)ccc3c2)CCCCCC1. The zero-order chi connectivity index (χ0) is 17.2. The monoisotopic (exact) mass is 350 g/mol. The average molecular weight is 350 g/mol. The van der Waals surface area contributed by atoms with Crippen LogP contribution in [0.25, 0.3) is 11.0 Å². The molecule has 1 aromatic carbocycles. The van der Waals surface area contributed by atoms with Gasteiger partial charge in [0.2, 0.25) is 10.0 Å². The molecule has 1 aromatic heterocycles. The number of benzene rings is 1. The van der Waals surface area contributed by atoms with E-state index >= 15 is 0 Å². The van der Waals surface area contributed by atoms with E-state index in [4.69, 9.17) is 10.2 Å². The first-order valence-corrected chi connectivity index (χ1v) is 9.69. The third-order valence-electron chi connectivity index (χ3n) is 4.61. The summed E-state index contributed by atoms with van der Waals surface area (Å²) in [6, 6.07) is 7.25. The van der Waals surface area contributed by atoms with Crippen LogP contribution in [0.3, 0.4) is 0 Å². The number of sulfonamides is 1. The van der Waals surface area contributed by atoms with Gasteiger partial charge in [-0.2, -0.15) is 0 Å². The minimum atomic E-state index is -3.66. The van der Waals surface area contributed by atoms with Crippen molar-refractivity contribution in [2.75, 3.05) is 6.54 Å². The lowest BCUT2D eigenvalue weighted by Gasteiger charge is -2.28. The number of fused-ring (bicyclic) bond motifs is 1. The van der Waals surface area contributed by atoms with Crippen molar-refractivity contribution in [2.45, 2.75) is 49.0 Å². The van der Waals surface area contributed by atoms with E-state index < -0.39 is 21.2 Å². The van der Waals surface area contributed by atoms with Gasteiger partial charge in [-0.15, -0.1) is 0 Å². The maximum absolute atomic E-state index is 12.6. The molecule has 0 radical (unpaired) electrons. The Labute approximate surface area is 141 Å². The van der Waals surface area contributed by atoms with Gasteiger partial charge in [0.1, 0.15) is 5.58 Å². The summed E-state index contributed by atoms with van der Waals surface area (Å²) < 4.78 is 32.8. The van der Waals surface area contributed by atoms with Crippen LogP contribution in [0.5, 0.6) is 0 Å². The maximum Gasteiger partial charge on any atom is 0.336 e. The van der Waals surface area contributed by atoms with Crippen LogP contribution in [0.4, 0.5) is 0 Å². The Bertz CT molecular complexity index is 881. The van der Waals surface area contributed by atoms with Gasteiger partial charge in [-0.05, 0) is 37.1 Å². The first-order chi connectivity index (χ1) is 11.4. The van der Waals surface area contributed by atoms with Gasteiger partial charge in [-0.25, -0.2) is 17.9 Å². The fourth-order valence-electron chi connectivity index (χ4n) is 3.15. The van der Waals surface area contributed by atoms with Gasteiger partial charge >= 0.3 is 5.63 Å². The van der Waals surface area contributed by atoms with Crippen molar-refractivity contribution >= 4 is 21.0 Å². The highest BCUT2D eigenvalue weighted by Crippen LogP contribution is 2.25. The zero-order valence-corrected chi connectivity index (χ0v) is 14.3. The Kier molecular flexibility index (Phi) is 4.76. The summed E-state index contributed by atoms with van der Waals surface area (Å²) in [6.07, 6.45) is 6.04. The second-order valence-electron chi connectivity index (χ2n) is 6.56. The predicted molar refractivity (Wildman–Crippen MR) is 92.3 cm³/mol. The summed E-state index contributed by atoms with van der Waals surface area (Å²) in [4.78, 5) is 11.3. The first-order valence-electron chi connectivity index (χ1n) is 8.21. The Morgan fingerprint density at radius 3 is 2.50 bits per heavy atom. The van der Waals surface area contributed by atoms with Crippen molar-refractivity contribution in [2.24, 2.45) is 5.73 Å². The molecule has 1 heterocycles. The van der Waals surface area contributed by atoms with Crippen LogP contribution < -0.4 is 16.1 Å². The van der Waals surface area contributed by atoms with Crippen LogP contribution in [0.1, 0.15) is 38.5 Å². The Morgan fingerprint density at radius 2 is 1.79 bits per heavy atom. The molecular formula is C17H22N2O4S. The molecule has 130 valence electrons. The van der Waals surface area contributed by atoms with E-state index in [2.05, 4.69) is 4.72 Å². The molecule has 0 spiro atoms. The van der Waals surface area contributed by atoms with Crippen LogP contribution in [-0.2, 0) is 10.0 Å². The van der Waals surface area contributed by atoms with E-state index in [0.717, 1.165) is 38.5 Å². The molecule has 1 fully saturated rings. The summed E-state index contributed by atoms with van der Waals surface area (Å²) in [7, 11) is -3.66. The fraction of sp³-hybridized carbons (Fsp3) is 0.471. The van der Waals surface area contributed by atoms with Gasteiger partial charge in [-0.3, -0.25) is 0 Å². The Balaban J connectivity index is 1.79. The molecule has 1 saturated carbocycles. The third-order valence-corrected chi connectivity index (χ3v) is 6.01. The molecule has 0 aliphatic heterocycles. The highest BCUT2D eigenvalue weighted by atomic mass is 32.2. The zero-order valence-electron chi connectivity index (χ0n) is 13.5. The van der Waals surface area contributed by atoms with Gasteiger partial charge < -0.3 is 10.2 Å². The molecule has 2 aromatic rings. The van der Waals surface area contributed by atoms with Crippen molar-refractivity contribution in [1.82, 2.24) is 4.72 Å². The van der Waals surface area contributed by atoms with E-state index in [1.807, 2.05) is 0 Å². The lowest BCUT2D eigenvalue weighted by atomic mass is 9.92. The molecule has 3 rings (SSSR count). The Morgan fingerprint density at radius 1 is 1.08 bits per heavy atom. The highest BCUT2D eigenvalue weighted by molar-refractivity contribution is 7.89. The second-order valence-corrected chi connectivity index (χ2v) is 8.32. The third kappa shape index (κ3) is 3.85. The minimum absolute atomic E-state index is 0.140. The van der Waals surface area contributed by atoms with Gasteiger partial charge in [0.25, 0.3) is 0 Å². The fourth-order valence-corrected chi connectivity index (χ4v) is 4.32. The number of rotatable bonds is 4. The molecule has 7 heteroatoms. The number of nitrogens with one attached hydrogen (secondary N) is 1. The van der Waals surface area contributed by atoms with E-state index in [-0.39, 0.29) is 11.4 Å². The second kappa shape index (κ2) is 6.66. The standard InChI is InChI=1S/C17H22N2O4S/c18-17(9-3-1-2-4-10-17)12-19-24(21,22)14-6-7-15-13(11-14)5-8-16(20)23-15/h5-8,11,19H,1-4,9-10,12,18H2. The lowest BCUT2D eigenvalue weighted by Crippen LogP contribution is -2.49. The molecule has 0 saturated heterocycles. The van der Waals surface area contributed by atoms with E-state index in [1.165, 1.54) is 24.3 Å². The average Bonchev–Trinajstić information content (AvgIpc) is 2.78. The number of hydrogen-bond acceptors (Lipinski definition) is 5. The minimum Gasteiger partial charge on any atom is -0.423 e. The van der Waals surface area contributed by atoms with Gasteiger partial charge in [0, 0.05) is 23.5 Å². The molecular weight excluding hydrogens is 328 g/mol. The largest absolute Gasteiger partial charge is 0.423 e. The highest BCUT2D eigenvalue weighted by Gasteiger charge is 2.28. The van der Waals surface area contributed by atoms with E-state index in [9.17, 15) is 13.2 Å². The van der Waals surface area contributed by atoms with Crippen molar-refractivity contribution in [1.29, 1.82) is 0 Å². The van der Waals surface area contributed by atoms with Crippen LogP contribution in [0.15, 0.2) is 44.4 Å². The molecule has 6 nitrogen and oxygen atoms in total. The summed E-state index contributed by atoms with van der Waals surface area (Å²) >= 11 is 0. The van der Waals surface area contributed by atoms with Crippen LogP contribution in [-0.4, -0.2) is 20.5 Å². The maximum atomic E-state index is 12.6. The van der Waals surface area contributed by atoms with Crippen LogP contribution in [0.2, 0.25) is 0 Å². The molecule has 0 amide bonds. The topological polar surface area (TPSA) is 102 Å². The summed E-state index contributed by atoms with van der Waals surface area (Å²) in [5.41, 5.74) is 5.79. The summed E-state index contributed by atoms with van der Waals surface area (Å²) in [5.74, 6) is 0. The van der Waals surface area contributed by atoms with E-state index in [1.54, 1.807) is 6.07 Å². The molecule has 3 N–H and O–H groups in total. The van der Waals surface area contributed by atoms with Crippen LogP contribution in [0, 0.1) is 0 Å². The lowest BCUT2D eigenvalue weighted by molar-refractivity contribution is 0.369. The van der Waals surface area contributed by atoms with E-state index in [0.29, 0.717) is 11.0 Å². The van der Waals surface area contributed by atoms with Crippen molar-refractivity contribution in [3.8, 4) is 0 Å². The van der Waals surface area contributed by atoms with Crippen molar-refractivity contribution < 1.29 is 12.8 Å². The Hall–Kier alpha value is -1.70. The molecule has 0 bridgehead atoms. The first kappa shape index (κ1) is 17.1. The molecule has 24 heavy (non-hydrogen) atoms. The summed E-state index contributed by atoms with van der Waals surface area (Å²) in [5, 5.41) is 0.564. The van der Waals surface area contributed by atoms with Crippen LogP contribution >= 0.6 is 0 Å². The van der Waals surface area contributed by atoms with Gasteiger partial charge in [0.05, 0.1) is 4.90 Å². The summed E-state index contributed by atoms with van der Waals surface area (Å²) in [6.45, 7) is 0.233. The number of hydrogen-bond donors (Lipinski definition) is 2. The quantitative estimate of drug-likeness (QED) is 0.649. The molecule has 0 unspecified atom stereocenters. The van der Waals surface area contributed by atoms with Gasteiger partial charge in [0.15, 0.2) is 0 Å². The van der Waals surface area contributed by atoms with Gasteiger partial charge in [-0.1, -0.05) is 25.7 Å². The number of nitrogens with two attached hydrogens (primary N) is 1. The predicted octanol–water partition coefficient (Wildman–Crippen LogP) is 2.12. The molecule has 1 aliphatic rings. The normalized spacial score (nSPS) is 18.4. The molecule has 1 aliphatic carbocycles. The van der Waals surface area contributed by atoms with Crippen molar-refractivity contribution in [3.05, 3.63) is 40.8 Å². The molecule has 0 atom stereocenters.